The maximum Gasteiger partial charge on any atom is 0.306 e. The molecule has 21 heavy (non-hydrogen) atoms. The second kappa shape index (κ2) is 6.92. The van der Waals surface area contributed by atoms with Gasteiger partial charge in [0.25, 0.3) is 0 Å². The average Bonchev–Trinajstić information content (AvgIpc) is 2.89. The highest BCUT2D eigenvalue weighted by molar-refractivity contribution is 5.70. The van der Waals surface area contributed by atoms with E-state index < -0.39 is 11.9 Å². The van der Waals surface area contributed by atoms with Gasteiger partial charge < -0.3 is 9.84 Å². The fourth-order valence-electron chi connectivity index (χ4n) is 2.30. The van der Waals surface area contributed by atoms with Crippen LogP contribution in [0.2, 0.25) is 0 Å². The molecule has 5 nitrogen and oxygen atoms in total. The molecule has 0 saturated heterocycles. The summed E-state index contributed by atoms with van der Waals surface area (Å²) in [5, 5.41) is 13.5. The number of rotatable bonds is 7. The van der Waals surface area contributed by atoms with Gasteiger partial charge in [-0.2, -0.15) is 5.10 Å². The van der Waals surface area contributed by atoms with E-state index >= 15 is 0 Å². The Morgan fingerprint density at radius 1 is 1.33 bits per heavy atom. The van der Waals surface area contributed by atoms with Crippen LogP contribution in [0.25, 0.3) is 0 Å². The number of aryl methyl sites for hydroxylation is 2. The fraction of sp³-hybridized carbons (Fsp3) is 0.375. The number of benzene rings is 1. The number of hydrogen-bond acceptors (Lipinski definition) is 3. The molecule has 0 aliphatic rings. The molecule has 0 aliphatic carbocycles. The molecule has 0 aliphatic heterocycles. The zero-order chi connectivity index (χ0) is 15.2. The quantitative estimate of drug-likeness (QED) is 0.849. The largest absolute Gasteiger partial charge is 0.497 e. The SMILES string of the molecule is COc1ccc(CC(CCc2cnn(C)c2)C(=O)O)cc1. The Labute approximate surface area is 124 Å². The lowest BCUT2D eigenvalue weighted by atomic mass is 9.93. The maximum absolute atomic E-state index is 11.4. The second-order valence-corrected chi connectivity index (χ2v) is 5.15. The van der Waals surface area contributed by atoms with Crippen molar-refractivity contribution in [2.24, 2.45) is 13.0 Å². The first kappa shape index (κ1) is 15.1. The van der Waals surface area contributed by atoms with Gasteiger partial charge in [-0.3, -0.25) is 9.48 Å². The molecule has 1 aromatic heterocycles. The minimum Gasteiger partial charge on any atom is -0.497 e. The molecular weight excluding hydrogens is 268 g/mol. The summed E-state index contributed by atoms with van der Waals surface area (Å²) in [5.41, 5.74) is 2.08. The van der Waals surface area contributed by atoms with Crippen molar-refractivity contribution in [1.29, 1.82) is 0 Å². The van der Waals surface area contributed by atoms with E-state index in [4.69, 9.17) is 4.74 Å². The first-order valence-electron chi connectivity index (χ1n) is 6.91. The van der Waals surface area contributed by atoms with Crippen molar-refractivity contribution in [2.75, 3.05) is 7.11 Å². The Bertz CT molecular complexity index is 590. The van der Waals surface area contributed by atoms with Crippen LogP contribution in [0.15, 0.2) is 36.7 Å². The topological polar surface area (TPSA) is 64.4 Å². The Hall–Kier alpha value is -2.30. The number of nitrogens with zero attached hydrogens (tertiary/aromatic N) is 2. The number of carbonyl (C=O) groups is 1. The lowest BCUT2D eigenvalue weighted by molar-refractivity contribution is -0.141. The Kier molecular flexibility index (Phi) is 4.98. The number of carboxylic acid groups (broad SMARTS) is 1. The van der Waals surface area contributed by atoms with E-state index in [-0.39, 0.29) is 0 Å². The smallest absolute Gasteiger partial charge is 0.306 e. The molecule has 5 heteroatoms. The number of hydrogen-bond donors (Lipinski definition) is 1. The molecule has 0 saturated carbocycles. The zero-order valence-electron chi connectivity index (χ0n) is 12.3. The molecule has 2 aromatic rings. The van der Waals surface area contributed by atoms with Gasteiger partial charge in [0.1, 0.15) is 5.75 Å². The van der Waals surface area contributed by atoms with Crippen LogP contribution in [-0.4, -0.2) is 28.0 Å². The van der Waals surface area contributed by atoms with E-state index in [2.05, 4.69) is 5.10 Å². The molecule has 0 fully saturated rings. The van der Waals surface area contributed by atoms with Crippen LogP contribution in [0.1, 0.15) is 17.5 Å². The third kappa shape index (κ3) is 4.34. The third-order valence-electron chi connectivity index (χ3n) is 3.53. The fourth-order valence-corrected chi connectivity index (χ4v) is 2.30. The molecule has 112 valence electrons. The third-order valence-corrected chi connectivity index (χ3v) is 3.53. The van der Waals surface area contributed by atoms with Crippen LogP contribution in [0, 0.1) is 5.92 Å². The number of ether oxygens (including phenoxy) is 1. The molecule has 1 atom stereocenters. The van der Waals surface area contributed by atoms with E-state index in [1.807, 2.05) is 37.5 Å². The van der Waals surface area contributed by atoms with Gasteiger partial charge in [-0.15, -0.1) is 0 Å². The predicted molar refractivity (Wildman–Crippen MR) is 79.4 cm³/mol. The van der Waals surface area contributed by atoms with E-state index in [0.29, 0.717) is 12.8 Å². The van der Waals surface area contributed by atoms with Crippen LogP contribution in [0.5, 0.6) is 5.75 Å². The van der Waals surface area contributed by atoms with E-state index in [1.54, 1.807) is 18.0 Å². The summed E-state index contributed by atoms with van der Waals surface area (Å²) in [5.74, 6) is -0.366. The number of carboxylic acids is 1. The summed E-state index contributed by atoms with van der Waals surface area (Å²) in [7, 11) is 3.47. The summed E-state index contributed by atoms with van der Waals surface area (Å²) in [6.07, 6.45) is 5.56. The van der Waals surface area contributed by atoms with Crippen molar-refractivity contribution in [3.63, 3.8) is 0 Å². The predicted octanol–water partition coefficient (Wildman–Crippen LogP) is 2.30. The van der Waals surface area contributed by atoms with E-state index in [9.17, 15) is 9.90 Å². The first-order valence-corrected chi connectivity index (χ1v) is 6.91. The number of aromatic nitrogens is 2. The van der Waals surface area contributed by atoms with Crippen LogP contribution in [0.4, 0.5) is 0 Å². The van der Waals surface area contributed by atoms with Gasteiger partial charge >= 0.3 is 5.97 Å². The van der Waals surface area contributed by atoms with Crippen LogP contribution in [0.3, 0.4) is 0 Å². The highest BCUT2D eigenvalue weighted by Gasteiger charge is 2.18. The summed E-state index contributed by atoms with van der Waals surface area (Å²) in [6.45, 7) is 0. The average molecular weight is 288 g/mol. The molecule has 1 N–H and O–H groups in total. The van der Waals surface area contributed by atoms with Crippen molar-refractivity contribution < 1.29 is 14.6 Å². The lowest BCUT2D eigenvalue weighted by Gasteiger charge is -2.12. The highest BCUT2D eigenvalue weighted by Crippen LogP contribution is 2.18. The van der Waals surface area contributed by atoms with Crippen LogP contribution in [-0.2, 0) is 24.7 Å². The van der Waals surface area contributed by atoms with Gasteiger partial charge in [-0.25, -0.2) is 0 Å². The zero-order valence-corrected chi connectivity index (χ0v) is 12.3. The van der Waals surface area contributed by atoms with Crippen molar-refractivity contribution in [1.82, 2.24) is 9.78 Å². The summed E-state index contributed by atoms with van der Waals surface area (Å²) in [4.78, 5) is 11.4. The lowest BCUT2D eigenvalue weighted by Crippen LogP contribution is -2.17. The van der Waals surface area contributed by atoms with Crippen LogP contribution < -0.4 is 4.74 Å². The Morgan fingerprint density at radius 3 is 2.57 bits per heavy atom. The summed E-state index contributed by atoms with van der Waals surface area (Å²) < 4.78 is 6.83. The molecule has 1 aromatic carbocycles. The minimum absolute atomic E-state index is 0.390. The second-order valence-electron chi connectivity index (χ2n) is 5.15. The van der Waals surface area contributed by atoms with Gasteiger partial charge in [0.05, 0.1) is 19.2 Å². The number of methoxy groups -OCH3 is 1. The van der Waals surface area contributed by atoms with Gasteiger partial charge in [-0.05, 0) is 42.5 Å². The van der Waals surface area contributed by atoms with Crippen molar-refractivity contribution in [3.8, 4) is 5.75 Å². The maximum atomic E-state index is 11.4. The van der Waals surface area contributed by atoms with Gasteiger partial charge in [0.2, 0.25) is 0 Å². The molecule has 1 heterocycles. The molecule has 2 rings (SSSR count). The van der Waals surface area contributed by atoms with Crippen LogP contribution >= 0.6 is 0 Å². The molecular formula is C16H20N2O3. The number of aliphatic carboxylic acids is 1. The molecule has 0 radical (unpaired) electrons. The molecule has 0 amide bonds. The monoisotopic (exact) mass is 288 g/mol. The first-order chi connectivity index (χ1) is 10.1. The van der Waals surface area contributed by atoms with Crippen molar-refractivity contribution in [2.45, 2.75) is 19.3 Å². The Morgan fingerprint density at radius 2 is 2.05 bits per heavy atom. The van der Waals surface area contributed by atoms with Gasteiger partial charge in [0.15, 0.2) is 0 Å². The van der Waals surface area contributed by atoms with Gasteiger partial charge in [-0.1, -0.05) is 12.1 Å². The summed E-state index contributed by atoms with van der Waals surface area (Å²) >= 11 is 0. The molecule has 1 unspecified atom stereocenters. The molecule has 0 bridgehead atoms. The standard InChI is InChI=1S/C16H20N2O3/c1-18-11-13(10-17-18)3-6-14(16(19)20)9-12-4-7-15(21-2)8-5-12/h4-5,7-8,10-11,14H,3,6,9H2,1-2H3,(H,19,20). The summed E-state index contributed by atoms with van der Waals surface area (Å²) in [6, 6.07) is 7.54. The highest BCUT2D eigenvalue weighted by atomic mass is 16.5. The normalized spacial score (nSPS) is 12.1. The van der Waals surface area contributed by atoms with E-state index in [1.165, 1.54) is 0 Å². The van der Waals surface area contributed by atoms with Crippen molar-refractivity contribution >= 4 is 5.97 Å². The Balaban J connectivity index is 1.96. The minimum atomic E-state index is -0.755. The molecule has 0 spiro atoms. The van der Waals surface area contributed by atoms with Gasteiger partial charge in [0, 0.05) is 13.2 Å². The van der Waals surface area contributed by atoms with Crippen molar-refractivity contribution in [3.05, 3.63) is 47.8 Å². The van der Waals surface area contributed by atoms with E-state index in [0.717, 1.165) is 23.3 Å².